The van der Waals surface area contributed by atoms with E-state index in [4.69, 9.17) is 9.52 Å². The van der Waals surface area contributed by atoms with Gasteiger partial charge in [0.05, 0.1) is 12.9 Å². The Hall–Kier alpha value is -1.22. The number of aryl methyl sites for hydroxylation is 1. The number of aliphatic hydroxyl groups is 1. The van der Waals surface area contributed by atoms with Crippen molar-refractivity contribution in [3.8, 4) is 0 Å². The number of fused-ring (bicyclic) bond motifs is 1. The average Bonchev–Trinajstić information content (AvgIpc) is 2.60. The molecular formula is C10H11BO2. The van der Waals surface area contributed by atoms with Crippen molar-refractivity contribution in [2.75, 3.05) is 0 Å². The molecule has 0 atom stereocenters. The summed E-state index contributed by atoms with van der Waals surface area (Å²) in [6.45, 7) is 2.09. The van der Waals surface area contributed by atoms with Gasteiger partial charge in [-0.3, -0.25) is 0 Å². The maximum atomic E-state index is 9.11. The minimum absolute atomic E-state index is 0.0911. The maximum Gasteiger partial charge on any atom is 0.144 e. The first-order chi connectivity index (χ1) is 6.24. The Morgan fingerprint density at radius 2 is 2.31 bits per heavy atom. The van der Waals surface area contributed by atoms with E-state index in [1.165, 1.54) is 0 Å². The number of hydrogen-bond acceptors (Lipinski definition) is 2. The number of rotatable bonds is 1. The molecule has 1 heterocycles. The van der Waals surface area contributed by atoms with Gasteiger partial charge in [0.25, 0.3) is 0 Å². The Morgan fingerprint density at radius 3 is 3.00 bits per heavy atom. The summed E-state index contributed by atoms with van der Waals surface area (Å²) in [7, 11) is 1.99. The SMILES string of the molecule is Bc1cc(CO)c(C)c2ccoc12. The Kier molecular flexibility index (Phi) is 1.89. The lowest BCUT2D eigenvalue weighted by Gasteiger charge is -2.05. The molecule has 0 aliphatic carbocycles. The second kappa shape index (κ2) is 2.93. The lowest BCUT2D eigenvalue weighted by atomic mass is 9.90. The van der Waals surface area contributed by atoms with E-state index in [9.17, 15) is 0 Å². The van der Waals surface area contributed by atoms with Crippen LogP contribution in [0.4, 0.5) is 0 Å². The summed E-state index contributed by atoms with van der Waals surface area (Å²) in [5.41, 5.74) is 4.09. The molecule has 0 aliphatic heterocycles. The van der Waals surface area contributed by atoms with Gasteiger partial charge in [-0.25, -0.2) is 0 Å². The van der Waals surface area contributed by atoms with E-state index in [1.807, 2.05) is 26.9 Å². The van der Waals surface area contributed by atoms with E-state index in [-0.39, 0.29) is 6.61 Å². The van der Waals surface area contributed by atoms with Gasteiger partial charge >= 0.3 is 0 Å². The van der Waals surface area contributed by atoms with Crippen molar-refractivity contribution in [1.29, 1.82) is 0 Å². The minimum atomic E-state index is 0.0911. The lowest BCUT2D eigenvalue weighted by molar-refractivity contribution is 0.281. The van der Waals surface area contributed by atoms with Gasteiger partial charge in [-0.05, 0) is 29.6 Å². The third-order valence-corrected chi connectivity index (χ3v) is 2.47. The molecule has 2 aromatic rings. The van der Waals surface area contributed by atoms with Crippen molar-refractivity contribution in [1.82, 2.24) is 0 Å². The number of aliphatic hydroxyl groups excluding tert-OH is 1. The van der Waals surface area contributed by atoms with Crippen molar-refractivity contribution in [2.24, 2.45) is 0 Å². The van der Waals surface area contributed by atoms with Gasteiger partial charge in [0.2, 0.25) is 0 Å². The van der Waals surface area contributed by atoms with Crippen LogP contribution in [0.25, 0.3) is 11.0 Å². The second-order valence-electron chi connectivity index (χ2n) is 3.30. The predicted molar refractivity (Wildman–Crippen MR) is 55.1 cm³/mol. The molecule has 0 saturated heterocycles. The van der Waals surface area contributed by atoms with Crippen LogP contribution in [0.3, 0.4) is 0 Å². The number of furan rings is 1. The molecule has 0 fully saturated rings. The fourth-order valence-electron chi connectivity index (χ4n) is 1.68. The minimum Gasteiger partial charge on any atom is -0.465 e. The zero-order valence-electron chi connectivity index (χ0n) is 7.79. The van der Waals surface area contributed by atoms with Crippen LogP contribution < -0.4 is 5.46 Å². The van der Waals surface area contributed by atoms with Crippen molar-refractivity contribution >= 4 is 24.3 Å². The predicted octanol–water partition coefficient (Wildman–Crippen LogP) is 0.492. The molecule has 1 aromatic heterocycles. The largest absolute Gasteiger partial charge is 0.465 e. The smallest absolute Gasteiger partial charge is 0.144 e. The first-order valence-electron chi connectivity index (χ1n) is 4.31. The molecule has 2 rings (SSSR count). The monoisotopic (exact) mass is 174 g/mol. The van der Waals surface area contributed by atoms with E-state index >= 15 is 0 Å². The Balaban J connectivity index is 2.85. The van der Waals surface area contributed by atoms with E-state index in [2.05, 4.69) is 0 Å². The number of hydrogen-bond donors (Lipinski definition) is 1. The Labute approximate surface area is 77.6 Å². The number of benzene rings is 1. The molecule has 3 heteroatoms. The van der Waals surface area contributed by atoms with Crippen LogP contribution in [0.15, 0.2) is 22.8 Å². The molecular weight excluding hydrogens is 163 g/mol. The highest BCUT2D eigenvalue weighted by molar-refractivity contribution is 6.38. The van der Waals surface area contributed by atoms with Crippen molar-refractivity contribution < 1.29 is 9.52 Å². The summed E-state index contributed by atoms with van der Waals surface area (Å²) in [4.78, 5) is 0. The summed E-state index contributed by atoms with van der Waals surface area (Å²) in [5.74, 6) is 0. The summed E-state index contributed by atoms with van der Waals surface area (Å²) in [6.07, 6.45) is 1.69. The summed E-state index contributed by atoms with van der Waals surface area (Å²) in [5, 5.41) is 10.2. The lowest BCUT2D eigenvalue weighted by Crippen LogP contribution is -2.06. The summed E-state index contributed by atoms with van der Waals surface area (Å²) in [6, 6.07) is 3.91. The van der Waals surface area contributed by atoms with Crippen LogP contribution in [0.1, 0.15) is 11.1 Å². The third-order valence-electron chi connectivity index (χ3n) is 2.47. The van der Waals surface area contributed by atoms with Gasteiger partial charge in [0.1, 0.15) is 13.4 Å². The van der Waals surface area contributed by atoms with Gasteiger partial charge in [0, 0.05) is 5.39 Å². The highest BCUT2D eigenvalue weighted by atomic mass is 16.3. The van der Waals surface area contributed by atoms with Crippen molar-refractivity contribution in [3.63, 3.8) is 0 Å². The van der Waals surface area contributed by atoms with Crippen LogP contribution >= 0.6 is 0 Å². The first kappa shape index (κ1) is 8.39. The van der Waals surface area contributed by atoms with Crippen molar-refractivity contribution in [2.45, 2.75) is 13.5 Å². The van der Waals surface area contributed by atoms with Crippen LogP contribution in [0.5, 0.6) is 0 Å². The van der Waals surface area contributed by atoms with Crippen LogP contribution in [0, 0.1) is 6.92 Å². The van der Waals surface area contributed by atoms with Gasteiger partial charge in [-0.15, -0.1) is 0 Å². The standard InChI is InChI=1S/C10H11BO2/c1-6-7(5-12)4-9(11)10-8(6)2-3-13-10/h2-4,12H,5,11H2,1H3. The highest BCUT2D eigenvalue weighted by Gasteiger charge is 2.07. The fourth-order valence-corrected chi connectivity index (χ4v) is 1.68. The van der Waals surface area contributed by atoms with E-state index in [1.54, 1.807) is 6.26 Å². The van der Waals surface area contributed by atoms with E-state index < -0.39 is 0 Å². The average molecular weight is 174 g/mol. The molecule has 13 heavy (non-hydrogen) atoms. The molecule has 0 unspecified atom stereocenters. The van der Waals surface area contributed by atoms with E-state index in [0.717, 1.165) is 27.6 Å². The molecule has 1 aromatic carbocycles. The highest BCUT2D eigenvalue weighted by Crippen LogP contribution is 2.20. The quantitative estimate of drug-likeness (QED) is 0.638. The van der Waals surface area contributed by atoms with Crippen LogP contribution in [-0.4, -0.2) is 13.0 Å². The first-order valence-corrected chi connectivity index (χ1v) is 4.31. The van der Waals surface area contributed by atoms with Crippen molar-refractivity contribution in [3.05, 3.63) is 29.5 Å². The Bertz CT molecular complexity index is 445. The molecule has 0 radical (unpaired) electrons. The second-order valence-corrected chi connectivity index (χ2v) is 3.30. The molecule has 0 saturated carbocycles. The molecule has 0 spiro atoms. The molecule has 2 nitrogen and oxygen atoms in total. The van der Waals surface area contributed by atoms with Crippen LogP contribution in [0.2, 0.25) is 0 Å². The summed E-state index contributed by atoms with van der Waals surface area (Å²) < 4.78 is 5.35. The molecule has 0 aliphatic rings. The van der Waals surface area contributed by atoms with Gasteiger partial charge in [0.15, 0.2) is 0 Å². The summed E-state index contributed by atoms with van der Waals surface area (Å²) >= 11 is 0. The fraction of sp³-hybridized carbons (Fsp3) is 0.200. The zero-order valence-corrected chi connectivity index (χ0v) is 7.79. The van der Waals surface area contributed by atoms with Crippen LogP contribution in [-0.2, 0) is 6.61 Å². The molecule has 66 valence electrons. The Morgan fingerprint density at radius 1 is 1.54 bits per heavy atom. The van der Waals surface area contributed by atoms with Gasteiger partial charge < -0.3 is 9.52 Å². The topological polar surface area (TPSA) is 33.4 Å². The molecule has 0 bridgehead atoms. The molecule has 1 N–H and O–H groups in total. The third kappa shape index (κ3) is 1.16. The zero-order chi connectivity index (χ0) is 9.42. The van der Waals surface area contributed by atoms with E-state index in [0.29, 0.717) is 0 Å². The maximum absolute atomic E-state index is 9.11. The molecule has 0 amide bonds. The normalized spacial score (nSPS) is 10.9. The van der Waals surface area contributed by atoms with Gasteiger partial charge in [-0.2, -0.15) is 0 Å². The van der Waals surface area contributed by atoms with Gasteiger partial charge in [-0.1, -0.05) is 6.07 Å².